The van der Waals surface area contributed by atoms with E-state index in [0.717, 1.165) is 10.0 Å². The zero-order valence-electron chi connectivity index (χ0n) is 15.8. The molecule has 0 radical (unpaired) electrons. The number of carbonyl (C=O) groups excluding carboxylic acids is 2. The van der Waals surface area contributed by atoms with E-state index in [0.29, 0.717) is 38.5 Å². The molecule has 1 atom stereocenters. The third-order valence-corrected chi connectivity index (χ3v) is 5.76. The molecule has 0 aromatic heterocycles. The first-order valence-corrected chi connectivity index (χ1v) is 10.2. The van der Waals surface area contributed by atoms with Crippen LogP contribution in [0.25, 0.3) is 5.76 Å². The predicted molar refractivity (Wildman–Crippen MR) is 112 cm³/mol. The maximum atomic E-state index is 13.0. The van der Waals surface area contributed by atoms with Gasteiger partial charge >= 0.3 is 0 Å². The summed E-state index contributed by atoms with van der Waals surface area (Å²) in [6.07, 6.45) is 0. The summed E-state index contributed by atoms with van der Waals surface area (Å²) in [5.74, 6) is -1.41. The van der Waals surface area contributed by atoms with E-state index >= 15 is 0 Å². The van der Waals surface area contributed by atoms with Crippen LogP contribution in [0.1, 0.15) is 17.2 Å². The minimum Gasteiger partial charge on any atom is -0.507 e. The lowest BCUT2D eigenvalue weighted by atomic mass is 9.95. The molecule has 2 aromatic rings. The first-order chi connectivity index (χ1) is 14.1. The van der Waals surface area contributed by atoms with Crippen molar-refractivity contribution >= 4 is 33.4 Å². The quantitative estimate of drug-likeness (QED) is 0.434. The Kier molecular flexibility index (Phi) is 5.80. The van der Waals surface area contributed by atoms with Gasteiger partial charge in [-0.3, -0.25) is 14.5 Å². The van der Waals surface area contributed by atoms with Gasteiger partial charge in [0.1, 0.15) is 5.76 Å². The summed E-state index contributed by atoms with van der Waals surface area (Å²) in [5, 5.41) is 11.0. The van der Waals surface area contributed by atoms with E-state index in [1.165, 1.54) is 0 Å². The Bertz CT molecular complexity index is 937. The molecule has 2 fully saturated rings. The molecule has 2 saturated heterocycles. The van der Waals surface area contributed by atoms with Gasteiger partial charge in [0, 0.05) is 23.1 Å². The molecule has 2 aliphatic rings. The van der Waals surface area contributed by atoms with Crippen LogP contribution in [0.5, 0.6) is 0 Å². The number of likely N-dealkylation sites (tertiary alicyclic amines) is 1. The molecule has 0 spiro atoms. The highest BCUT2D eigenvalue weighted by molar-refractivity contribution is 9.10. The molecule has 6 nitrogen and oxygen atoms in total. The second-order valence-electron chi connectivity index (χ2n) is 7.06. The molecular formula is C22H21BrN2O4. The molecular weight excluding hydrogens is 436 g/mol. The number of amides is 1. The Morgan fingerprint density at radius 3 is 2.34 bits per heavy atom. The number of halogens is 1. The van der Waals surface area contributed by atoms with Crippen molar-refractivity contribution in [3.05, 3.63) is 75.8 Å². The summed E-state index contributed by atoms with van der Waals surface area (Å²) >= 11 is 3.42. The van der Waals surface area contributed by atoms with Crippen LogP contribution in [-0.4, -0.2) is 59.6 Å². The topological polar surface area (TPSA) is 70.1 Å². The molecule has 0 saturated carbocycles. The first-order valence-electron chi connectivity index (χ1n) is 9.45. The summed E-state index contributed by atoms with van der Waals surface area (Å²) in [6.45, 7) is 2.87. The number of hydrogen-bond donors (Lipinski definition) is 1. The summed E-state index contributed by atoms with van der Waals surface area (Å²) in [4.78, 5) is 29.5. The third-order valence-electron chi connectivity index (χ3n) is 5.23. The lowest BCUT2D eigenvalue weighted by Gasteiger charge is -2.33. The maximum absolute atomic E-state index is 13.0. The van der Waals surface area contributed by atoms with Crippen LogP contribution in [0, 0.1) is 0 Å². The number of nitrogens with zero attached hydrogens (tertiary/aromatic N) is 2. The molecule has 4 rings (SSSR count). The summed E-state index contributed by atoms with van der Waals surface area (Å²) in [5.41, 5.74) is 1.41. The van der Waals surface area contributed by atoms with Crippen LogP contribution in [0.15, 0.2) is 64.6 Å². The Morgan fingerprint density at radius 2 is 1.69 bits per heavy atom. The molecule has 0 bridgehead atoms. The van der Waals surface area contributed by atoms with Crippen LogP contribution < -0.4 is 0 Å². The number of ether oxygens (including phenoxy) is 1. The van der Waals surface area contributed by atoms with Crippen molar-refractivity contribution in [1.29, 1.82) is 0 Å². The number of ketones is 1. The summed E-state index contributed by atoms with van der Waals surface area (Å²) < 4.78 is 6.29. The monoisotopic (exact) mass is 456 g/mol. The van der Waals surface area contributed by atoms with Crippen LogP contribution in [-0.2, 0) is 14.3 Å². The molecule has 0 unspecified atom stereocenters. The SMILES string of the molecule is O=C1C(=O)N(CN2CCOCC2)[C@H](c2ccc(Br)cc2)C1=C(O)c1ccccc1. The third kappa shape index (κ3) is 3.99. The zero-order valence-corrected chi connectivity index (χ0v) is 17.3. The van der Waals surface area contributed by atoms with E-state index in [4.69, 9.17) is 4.74 Å². The number of rotatable bonds is 4. The van der Waals surface area contributed by atoms with Gasteiger partial charge in [-0.25, -0.2) is 0 Å². The molecule has 7 heteroatoms. The number of carbonyl (C=O) groups is 2. The van der Waals surface area contributed by atoms with Crippen LogP contribution in [0.4, 0.5) is 0 Å². The van der Waals surface area contributed by atoms with Gasteiger partial charge in [-0.05, 0) is 17.7 Å². The van der Waals surface area contributed by atoms with Crippen molar-refractivity contribution in [3.8, 4) is 0 Å². The number of aliphatic hydroxyl groups excluding tert-OH is 1. The normalized spacial score (nSPS) is 22.2. The summed E-state index contributed by atoms with van der Waals surface area (Å²) in [7, 11) is 0. The fraction of sp³-hybridized carbons (Fsp3) is 0.273. The average Bonchev–Trinajstić information content (AvgIpc) is 3.00. The highest BCUT2D eigenvalue weighted by Crippen LogP contribution is 2.39. The predicted octanol–water partition coefficient (Wildman–Crippen LogP) is 3.16. The van der Waals surface area contributed by atoms with E-state index in [1.807, 2.05) is 30.3 Å². The van der Waals surface area contributed by atoms with Gasteiger partial charge in [-0.1, -0.05) is 58.4 Å². The van der Waals surface area contributed by atoms with E-state index in [9.17, 15) is 14.7 Å². The second-order valence-corrected chi connectivity index (χ2v) is 7.97. The number of hydrogen-bond acceptors (Lipinski definition) is 5. The van der Waals surface area contributed by atoms with Crippen molar-refractivity contribution in [3.63, 3.8) is 0 Å². The van der Waals surface area contributed by atoms with Crippen molar-refractivity contribution in [2.75, 3.05) is 33.0 Å². The smallest absolute Gasteiger partial charge is 0.296 e. The molecule has 1 amide bonds. The van der Waals surface area contributed by atoms with E-state index in [1.54, 1.807) is 29.2 Å². The van der Waals surface area contributed by atoms with Gasteiger partial charge in [0.25, 0.3) is 11.7 Å². The summed E-state index contributed by atoms with van der Waals surface area (Å²) in [6, 6.07) is 15.7. The van der Waals surface area contributed by atoms with E-state index < -0.39 is 17.7 Å². The van der Waals surface area contributed by atoms with Gasteiger partial charge < -0.3 is 14.7 Å². The maximum Gasteiger partial charge on any atom is 0.296 e. The van der Waals surface area contributed by atoms with Crippen LogP contribution in [0.3, 0.4) is 0 Å². The van der Waals surface area contributed by atoms with Crippen LogP contribution in [0.2, 0.25) is 0 Å². The molecule has 2 heterocycles. The van der Waals surface area contributed by atoms with E-state index in [2.05, 4.69) is 20.8 Å². The lowest BCUT2D eigenvalue weighted by molar-refractivity contribution is -0.141. The highest BCUT2D eigenvalue weighted by atomic mass is 79.9. The average molecular weight is 457 g/mol. The van der Waals surface area contributed by atoms with E-state index in [-0.39, 0.29) is 11.3 Å². The van der Waals surface area contributed by atoms with Gasteiger partial charge in [-0.2, -0.15) is 0 Å². The lowest BCUT2D eigenvalue weighted by Crippen LogP contribution is -2.45. The number of Topliss-reactive ketones (excluding diaryl/α,β-unsaturated/α-hetero) is 1. The Labute approximate surface area is 177 Å². The molecule has 29 heavy (non-hydrogen) atoms. The minimum atomic E-state index is -0.660. The standard InChI is InChI=1S/C22H21BrN2O4/c23-17-8-6-15(7-9-17)19-18(20(26)16-4-2-1-3-5-16)21(27)22(28)25(19)14-24-10-12-29-13-11-24/h1-9,19,26H,10-14H2/t19-/m1/s1. The van der Waals surface area contributed by atoms with Gasteiger partial charge in [-0.15, -0.1) is 0 Å². The largest absolute Gasteiger partial charge is 0.507 e. The number of aliphatic hydroxyl groups is 1. The second kappa shape index (κ2) is 8.49. The van der Waals surface area contributed by atoms with Crippen molar-refractivity contribution in [2.24, 2.45) is 0 Å². The molecule has 150 valence electrons. The minimum absolute atomic E-state index is 0.122. The molecule has 2 aliphatic heterocycles. The number of benzene rings is 2. The van der Waals surface area contributed by atoms with Crippen molar-refractivity contribution in [1.82, 2.24) is 9.80 Å². The molecule has 2 aromatic carbocycles. The van der Waals surface area contributed by atoms with Gasteiger partial charge in [0.05, 0.1) is 31.5 Å². The van der Waals surface area contributed by atoms with Gasteiger partial charge in [0.2, 0.25) is 0 Å². The van der Waals surface area contributed by atoms with Crippen molar-refractivity contribution < 1.29 is 19.4 Å². The Hall–Kier alpha value is -2.48. The Balaban J connectivity index is 1.79. The first kappa shape index (κ1) is 19.8. The Morgan fingerprint density at radius 1 is 1.03 bits per heavy atom. The number of morpholine rings is 1. The zero-order chi connectivity index (χ0) is 20.4. The van der Waals surface area contributed by atoms with Crippen molar-refractivity contribution in [2.45, 2.75) is 6.04 Å². The molecule has 1 N–H and O–H groups in total. The van der Waals surface area contributed by atoms with Crippen LogP contribution >= 0.6 is 15.9 Å². The highest BCUT2D eigenvalue weighted by Gasteiger charge is 2.46. The fourth-order valence-electron chi connectivity index (χ4n) is 3.73. The molecule has 0 aliphatic carbocycles. The van der Waals surface area contributed by atoms with Gasteiger partial charge in [0.15, 0.2) is 0 Å². The fourth-order valence-corrected chi connectivity index (χ4v) is 3.99.